The second kappa shape index (κ2) is 6.38. The van der Waals surface area contributed by atoms with Gasteiger partial charge in [-0.25, -0.2) is 4.79 Å². The lowest BCUT2D eigenvalue weighted by Crippen LogP contribution is -2.13. The van der Waals surface area contributed by atoms with Crippen LogP contribution < -0.4 is 5.32 Å². The van der Waals surface area contributed by atoms with E-state index in [2.05, 4.69) is 21.2 Å². The summed E-state index contributed by atoms with van der Waals surface area (Å²) < 4.78 is 5.81. The van der Waals surface area contributed by atoms with Crippen molar-refractivity contribution in [1.82, 2.24) is 0 Å². The standard InChI is InChI=1S/C15H14BrNO2/c1-2-19-15(18)17-14-10-12(16)8-9-13(14)11-6-4-3-5-7-11/h3-10H,2H2,1H3,(H,17,18). The lowest BCUT2D eigenvalue weighted by atomic mass is 10.0. The van der Waals surface area contributed by atoms with Gasteiger partial charge < -0.3 is 4.74 Å². The van der Waals surface area contributed by atoms with Crippen molar-refractivity contribution in [1.29, 1.82) is 0 Å². The minimum atomic E-state index is -0.446. The number of carbonyl (C=O) groups excluding carboxylic acids is 1. The van der Waals surface area contributed by atoms with Crippen LogP contribution in [0.25, 0.3) is 11.1 Å². The van der Waals surface area contributed by atoms with Crippen molar-refractivity contribution >= 4 is 27.7 Å². The van der Waals surface area contributed by atoms with Gasteiger partial charge in [-0.2, -0.15) is 0 Å². The Balaban J connectivity index is 2.36. The summed E-state index contributed by atoms with van der Waals surface area (Å²) >= 11 is 3.41. The molecular formula is C15H14BrNO2. The van der Waals surface area contributed by atoms with Gasteiger partial charge in [0.1, 0.15) is 0 Å². The number of ether oxygens (including phenoxy) is 1. The van der Waals surface area contributed by atoms with E-state index in [1.165, 1.54) is 0 Å². The molecule has 1 N–H and O–H groups in total. The summed E-state index contributed by atoms with van der Waals surface area (Å²) in [5, 5.41) is 2.76. The van der Waals surface area contributed by atoms with Crippen LogP contribution in [0.15, 0.2) is 53.0 Å². The molecule has 2 aromatic carbocycles. The van der Waals surface area contributed by atoms with Crippen molar-refractivity contribution in [2.75, 3.05) is 11.9 Å². The molecule has 0 fully saturated rings. The van der Waals surface area contributed by atoms with E-state index in [-0.39, 0.29) is 0 Å². The van der Waals surface area contributed by atoms with Gasteiger partial charge in [0.25, 0.3) is 0 Å². The molecule has 0 aliphatic heterocycles. The molecule has 98 valence electrons. The Morgan fingerprint density at radius 1 is 1.21 bits per heavy atom. The largest absolute Gasteiger partial charge is 0.450 e. The fraction of sp³-hybridized carbons (Fsp3) is 0.133. The van der Waals surface area contributed by atoms with E-state index in [4.69, 9.17) is 4.74 Å². The highest BCUT2D eigenvalue weighted by Crippen LogP contribution is 2.30. The molecule has 19 heavy (non-hydrogen) atoms. The fourth-order valence-electron chi connectivity index (χ4n) is 1.77. The predicted molar refractivity (Wildman–Crippen MR) is 80.2 cm³/mol. The van der Waals surface area contributed by atoms with Crippen LogP contribution >= 0.6 is 15.9 Å². The van der Waals surface area contributed by atoms with Gasteiger partial charge in [0.15, 0.2) is 0 Å². The summed E-state index contributed by atoms with van der Waals surface area (Å²) in [6.45, 7) is 2.12. The van der Waals surface area contributed by atoms with Gasteiger partial charge in [-0.05, 0) is 24.6 Å². The number of amides is 1. The van der Waals surface area contributed by atoms with Crippen LogP contribution in [-0.4, -0.2) is 12.7 Å². The van der Waals surface area contributed by atoms with Crippen molar-refractivity contribution in [3.63, 3.8) is 0 Å². The molecule has 2 aromatic rings. The van der Waals surface area contributed by atoms with E-state index >= 15 is 0 Å². The van der Waals surface area contributed by atoms with Gasteiger partial charge in [-0.15, -0.1) is 0 Å². The van der Waals surface area contributed by atoms with Crippen molar-refractivity contribution < 1.29 is 9.53 Å². The normalized spacial score (nSPS) is 10.0. The maximum atomic E-state index is 11.6. The minimum absolute atomic E-state index is 0.348. The second-order valence-corrected chi connectivity index (χ2v) is 4.82. The first-order chi connectivity index (χ1) is 9.20. The average Bonchev–Trinajstić information content (AvgIpc) is 2.40. The summed E-state index contributed by atoms with van der Waals surface area (Å²) in [7, 11) is 0. The molecule has 4 heteroatoms. The molecule has 0 radical (unpaired) electrons. The number of hydrogen-bond acceptors (Lipinski definition) is 2. The lowest BCUT2D eigenvalue weighted by molar-refractivity contribution is 0.168. The first-order valence-electron chi connectivity index (χ1n) is 5.99. The highest BCUT2D eigenvalue weighted by Gasteiger charge is 2.09. The van der Waals surface area contributed by atoms with E-state index in [1.807, 2.05) is 48.5 Å². The zero-order valence-electron chi connectivity index (χ0n) is 10.5. The molecule has 0 aromatic heterocycles. The van der Waals surface area contributed by atoms with E-state index in [1.54, 1.807) is 6.92 Å². The minimum Gasteiger partial charge on any atom is -0.450 e. The third-order valence-electron chi connectivity index (χ3n) is 2.58. The Morgan fingerprint density at radius 2 is 1.95 bits per heavy atom. The molecule has 0 atom stereocenters. The van der Waals surface area contributed by atoms with E-state index in [9.17, 15) is 4.79 Å². The highest BCUT2D eigenvalue weighted by atomic mass is 79.9. The van der Waals surface area contributed by atoms with Crippen molar-refractivity contribution in [3.8, 4) is 11.1 Å². The monoisotopic (exact) mass is 319 g/mol. The van der Waals surface area contributed by atoms with Crippen molar-refractivity contribution in [2.24, 2.45) is 0 Å². The topological polar surface area (TPSA) is 38.3 Å². The summed E-state index contributed by atoms with van der Waals surface area (Å²) in [6.07, 6.45) is -0.446. The van der Waals surface area contributed by atoms with E-state index in [0.717, 1.165) is 21.3 Å². The molecule has 0 aliphatic rings. The smallest absolute Gasteiger partial charge is 0.411 e. The van der Waals surface area contributed by atoms with Crippen LogP contribution in [0.3, 0.4) is 0 Å². The highest BCUT2D eigenvalue weighted by molar-refractivity contribution is 9.10. The van der Waals surface area contributed by atoms with Crippen LogP contribution in [0.2, 0.25) is 0 Å². The molecule has 0 aliphatic carbocycles. The van der Waals surface area contributed by atoms with Gasteiger partial charge in [0.05, 0.1) is 12.3 Å². The first kappa shape index (κ1) is 13.6. The zero-order valence-corrected chi connectivity index (χ0v) is 12.1. The fourth-order valence-corrected chi connectivity index (χ4v) is 2.13. The van der Waals surface area contributed by atoms with Gasteiger partial charge >= 0.3 is 6.09 Å². The van der Waals surface area contributed by atoms with Crippen molar-refractivity contribution in [2.45, 2.75) is 6.92 Å². The van der Waals surface area contributed by atoms with Gasteiger partial charge in [-0.1, -0.05) is 52.3 Å². The Bertz CT molecular complexity index is 570. The molecular weight excluding hydrogens is 306 g/mol. The summed E-state index contributed by atoms with van der Waals surface area (Å²) in [5.74, 6) is 0. The van der Waals surface area contributed by atoms with Crippen molar-refractivity contribution in [3.05, 3.63) is 53.0 Å². The quantitative estimate of drug-likeness (QED) is 0.891. The number of anilines is 1. The third-order valence-corrected chi connectivity index (χ3v) is 3.07. The predicted octanol–water partition coefficient (Wildman–Crippen LogP) is 4.68. The average molecular weight is 320 g/mol. The molecule has 3 nitrogen and oxygen atoms in total. The van der Waals surface area contributed by atoms with E-state index in [0.29, 0.717) is 6.61 Å². The molecule has 0 spiro atoms. The van der Waals surface area contributed by atoms with Crippen LogP contribution in [-0.2, 0) is 4.74 Å². The molecule has 0 bridgehead atoms. The molecule has 1 amide bonds. The van der Waals surface area contributed by atoms with Crippen LogP contribution in [0.1, 0.15) is 6.92 Å². The van der Waals surface area contributed by atoms with Gasteiger partial charge in [-0.3, -0.25) is 5.32 Å². The van der Waals surface area contributed by atoms with Gasteiger partial charge in [0, 0.05) is 10.0 Å². The Hall–Kier alpha value is -1.81. The number of rotatable bonds is 3. The van der Waals surface area contributed by atoms with Crippen LogP contribution in [0, 0.1) is 0 Å². The molecule has 0 heterocycles. The van der Waals surface area contributed by atoms with Crippen LogP contribution in [0.5, 0.6) is 0 Å². The summed E-state index contributed by atoms with van der Waals surface area (Å²) in [5.41, 5.74) is 2.72. The number of nitrogens with one attached hydrogen (secondary N) is 1. The second-order valence-electron chi connectivity index (χ2n) is 3.90. The molecule has 0 saturated carbocycles. The number of hydrogen-bond donors (Lipinski definition) is 1. The Labute approximate surface area is 120 Å². The third kappa shape index (κ3) is 3.58. The number of carbonyl (C=O) groups is 1. The lowest BCUT2D eigenvalue weighted by Gasteiger charge is -2.11. The first-order valence-corrected chi connectivity index (χ1v) is 6.78. The number of halogens is 1. The van der Waals surface area contributed by atoms with Crippen LogP contribution in [0.4, 0.5) is 10.5 Å². The Morgan fingerprint density at radius 3 is 2.63 bits per heavy atom. The SMILES string of the molecule is CCOC(=O)Nc1cc(Br)ccc1-c1ccccc1. The summed E-state index contributed by atoms with van der Waals surface area (Å²) in [4.78, 5) is 11.6. The van der Waals surface area contributed by atoms with E-state index < -0.39 is 6.09 Å². The molecule has 0 saturated heterocycles. The number of benzene rings is 2. The maximum Gasteiger partial charge on any atom is 0.411 e. The molecule has 2 rings (SSSR count). The summed E-state index contributed by atoms with van der Waals surface area (Å²) in [6, 6.07) is 15.6. The Kier molecular flexibility index (Phi) is 4.58. The van der Waals surface area contributed by atoms with Gasteiger partial charge in [0.2, 0.25) is 0 Å². The molecule has 0 unspecified atom stereocenters. The maximum absolute atomic E-state index is 11.6. The zero-order chi connectivity index (χ0) is 13.7.